The van der Waals surface area contributed by atoms with Crippen molar-refractivity contribution < 1.29 is 4.79 Å². The van der Waals surface area contributed by atoms with Gasteiger partial charge >= 0.3 is 0 Å². The Kier molecular flexibility index (Phi) is 4.62. The van der Waals surface area contributed by atoms with Crippen molar-refractivity contribution >= 4 is 38.7 Å². The first-order valence-corrected chi connectivity index (χ1v) is 4.06. The van der Waals surface area contributed by atoms with E-state index < -0.39 is 0 Å². The Morgan fingerprint density at radius 3 is 2.67 bits per heavy atom. The Morgan fingerprint density at radius 1 is 1.75 bits per heavy atom. The van der Waals surface area contributed by atoms with Crippen LogP contribution in [0.15, 0.2) is 6.33 Å². The number of rotatable bonds is 2. The zero-order valence-corrected chi connectivity index (χ0v) is 9.99. The largest absolute Gasteiger partial charge is 0.314 e. The van der Waals surface area contributed by atoms with Crippen molar-refractivity contribution in [2.45, 2.75) is 11.8 Å². The van der Waals surface area contributed by atoms with Gasteiger partial charge in [0, 0.05) is 7.05 Å². The van der Waals surface area contributed by atoms with Crippen LogP contribution in [-0.4, -0.2) is 25.4 Å². The van der Waals surface area contributed by atoms with E-state index in [1.165, 1.54) is 6.33 Å². The maximum Gasteiger partial charge on any atom is 0.213 e. The lowest BCUT2D eigenvalue weighted by atomic mass is 10.3. The first-order chi connectivity index (χ1) is 5.13. The molecule has 0 spiro atoms. The van der Waals surface area contributed by atoms with E-state index in [2.05, 4.69) is 26.1 Å². The van der Waals surface area contributed by atoms with Crippen molar-refractivity contribution in [2.24, 2.45) is 7.05 Å². The lowest BCUT2D eigenvalue weighted by Gasteiger charge is -1.99. The van der Waals surface area contributed by atoms with E-state index in [-0.39, 0.29) is 27.6 Å². The third-order valence-electron chi connectivity index (χ3n) is 1.29. The zero-order valence-electron chi connectivity index (χ0n) is 6.69. The third-order valence-corrected chi connectivity index (χ3v) is 1.71. The smallest absolute Gasteiger partial charge is 0.213 e. The number of nitrogens with zero attached hydrogens (tertiary/aromatic N) is 3. The maximum atomic E-state index is 11.3. The molecule has 4 nitrogen and oxygen atoms in total. The fourth-order valence-electron chi connectivity index (χ4n) is 0.684. The van der Waals surface area contributed by atoms with Crippen LogP contribution in [0.4, 0.5) is 0 Å². The molecule has 0 aliphatic carbocycles. The molecule has 0 amide bonds. The summed E-state index contributed by atoms with van der Waals surface area (Å²) in [6, 6.07) is 0. The number of halogens is 2. The second-order valence-corrected chi connectivity index (χ2v) is 3.62. The van der Waals surface area contributed by atoms with Crippen molar-refractivity contribution in [1.29, 1.82) is 0 Å². The minimum absolute atomic E-state index is 0. The van der Waals surface area contributed by atoms with Crippen molar-refractivity contribution in [3.8, 4) is 0 Å². The summed E-state index contributed by atoms with van der Waals surface area (Å²) in [5.41, 5.74) is 0. The molecule has 0 aromatic carbocycles. The monoisotopic (exact) mass is 297 g/mol. The van der Waals surface area contributed by atoms with Gasteiger partial charge in [-0.25, -0.2) is 0 Å². The van der Waals surface area contributed by atoms with Gasteiger partial charge in [0.2, 0.25) is 11.6 Å². The number of carbonyl (C=O) groups is 1. The second-order valence-electron chi connectivity index (χ2n) is 2.25. The molecular weight excluding hydrogens is 290 g/mol. The molecule has 1 unspecified atom stereocenters. The van der Waals surface area contributed by atoms with Crippen LogP contribution >= 0.6 is 32.9 Å². The lowest BCUT2D eigenvalue weighted by molar-refractivity contribution is 0.0982. The van der Waals surface area contributed by atoms with Gasteiger partial charge in [-0.3, -0.25) is 4.79 Å². The highest BCUT2D eigenvalue weighted by molar-refractivity contribution is 9.10. The van der Waals surface area contributed by atoms with Crippen molar-refractivity contribution in [1.82, 2.24) is 14.8 Å². The Morgan fingerprint density at radius 2 is 2.33 bits per heavy atom. The lowest BCUT2D eigenvalue weighted by Crippen LogP contribution is -2.15. The minimum atomic E-state index is -0.203. The van der Waals surface area contributed by atoms with E-state index in [9.17, 15) is 4.79 Å². The van der Waals surface area contributed by atoms with Gasteiger partial charge in [-0.2, -0.15) is 0 Å². The summed E-state index contributed by atoms with van der Waals surface area (Å²) in [5, 5.41) is 7.27. The standard InChI is InChI=1S/C6H8BrN3O.BrH/c1-4(7)5(11)6-9-8-3-10(6)2;/h3-4H,1-2H3;1H. The molecule has 1 atom stereocenters. The van der Waals surface area contributed by atoms with Crippen LogP contribution < -0.4 is 0 Å². The summed E-state index contributed by atoms with van der Waals surface area (Å²) < 4.78 is 1.60. The fourth-order valence-corrected chi connectivity index (χ4v) is 0.889. The highest BCUT2D eigenvalue weighted by Gasteiger charge is 2.16. The second kappa shape index (κ2) is 4.71. The molecule has 1 aromatic heterocycles. The summed E-state index contributed by atoms with van der Waals surface area (Å²) in [4.78, 5) is 11.1. The van der Waals surface area contributed by atoms with Crippen LogP contribution in [0.3, 0.4) is 0 Å². The molecule has 0 radical (unpaired) electrons. The number of aromatic nitrogens is 3. The topological polar surface area (TPSA) is 47.8 Å². The molecule has 12 heavy (non-hydrogen) atoms. The summed E-state index contributed by atoms with van der Waals surface area (Å²) in [6.45, 7) is 1.76. The van der Waals surface area contributed by atoms with Gasteiger partial charge in [0.15, 0.2) is 0 Å². The first-order valence-electron chi connectivity index (χ1n) is 3.15. The quantitative estimate of drug-likeness (QED) is 0.612. The summed E-state index contributed by atoms with van der Waals surface area (Å²) in [6.07, 6.45) is 1.50. The molecule has 1 aromatic rings. The average molecular weight is 299 g/mol. The average Bonchev–Trinajstić information content (AvgIpc) is 2.33. The SMILES string of the molecule is Br.CC(Br)C(=O)c1nncn1C. The van der Waals surface area contributed by atoms with Gasteiger partial charge in [-0.1, -0.05) is 15.9 Å². The molecule has 0 saturated heterocycles. The first kappa shape index (κ1) is 11.8. The Labute approximate surface area is 89.3 Å². The number of hydrogen-bond acceptors (Lipinski definition) is 3. The Bertz CT molecular complexity index is 272. The van der Waals surface area contributed by atoms with Crippen molar-refractivity contribution in [3.05, 3.63) is 12.2 Å². The van der Waals surface area contributed by atoms with E-state index in [1.54, 1.807) is 18.5 Å². The molecular formula is C6H9Br2N3O. The zero-order chi connectivity index (χ0) is 8.43. The molecule has 0 aliphatic heterocycles. The number of hydrogen-bond donors (Lipinski definition) is 0. The van der Waals surface area contributed by atoms with E-state index in [1.807, 2.05) is 0 Å². The van der Waals surface area contributed by atoms with Gasteiger partial charge in [0.25, 0.3) is 0 Å². The number of ketones is 1. The fraction of sp³-hybridized carbons (Fsp3) is 0.500. The molecule has 0 N–H and O–H groups in total. The van der Waals surface area contributed by atoms with Gasteiger partial charge in [-0.05, 0) is 6.92 Å². The predicted molar refractivity (Wildman–Crippen MR) is 54.0 cm³/mol. The van der Waals surface area contributed by atoms with Crippen LogP contribution in [0.5, 0.6) is 0 Å². The number of carbonyl (C=O) groups excluding carboxylic acids is 1. The highest BCUT2D eigenvalue weighted by atomic mass is 79.9. The molecule has 6 heteroatoms. The summed E-state index contributed by atoms with van der Waals surface area (Å²) in [7, 11) is 1.74. The molecule has 68 valence electrons. The van der Waals surface area contributed by atoms with Crippen molar-refractivity contribution in [3.63, 3.8) is 0 Å². The molecule has 1 rings (SSSR count). The summed E-state index contributed by atoms with van der Waals surface area (Å²) >= 11 is 3.16. The molecule has 0 fully saturated rings. The normalized spacial score (nSPS) is 11.9. The van der Waals surface area contributed by atoms with Gasteiger partial charge in [0.05, 0.1) is 4.83 Å². The van der Waals surface area contributed by atoms with E-state index >= 15 is 0 Å². The van der Waals surface area contributed by atoms with Crippen LogP contribution in [0, 0.1) is 0 Å². The highest BCUT2D eigenvalue weighted by Crippen LogP contribution is 2.05. The van der Waals surface area contributed by atoms with E-state index in [4.69, 9.17) is 0 Å². The number of alkyl halides is 1. The maximum absolute atomic E-state index is 11.3. The van der Waals surface area contributed by atoms with E-state index in [0.29, 0.717) is 5.82 Å². The van der Waals surface area contributed by atoms with Gasteiger partial charge in [-0.15, -0.1) is 27.2 Å². The molecule has 0 aliphatic rings. The predicted octanol–water partition coefficient (Wildman–Crippen LogP) is 1.36. The van der Waals surface area contributed by atoms with Crippen molar-refractivity contribution in [2.75, 3.05) is 0 Å². The Hall–Kier alpha value is -0.230. The Balaban J connectivity index is 0.00000121. The third kappa shape index (κ3) is 2.38. The van der Waals surface area contributed by atoms with Crippen LogP contribution in [0.1, 0.15) is 17.5 Å². The van der Waals surface area contributed by atoms with Gasteiger partial charge in [0.1, 0.15) is 6.33 Å². The number of aryl methyl sites for hydroxylation is 1. The summed E-state index contributed by atoms with van der Waals surface area (Å²) in [5.74, 6) is 0.333. The van der Waals surface area contributed by atoms with Gasteiger partial charge < -0.3 is 4.57 Å². The molecule has 1 heterocycles. The minimum Gasteiger partial charge on any atom is -0.314 e. The molecule has 0 bridgehead atoms. The van der Waals surface area contributed by atoms with E-state index in [0.717, 1.165) is 0 Å². The molecule has 0 saturated carbocycles. The van der Waals surface area contributed by atoms with Crippen LogP contribution in [0.25, 0.3) is 0 Å². The van der Waals surface area contributed by atoms with Crippen LogP contribution in [-0.2, 0) is 7.05 Å². The number of Topliss-reactive ketones (excluding diaryl/α,β-unsaturated/α-hetero) is 1. The van der Waals surface area contributed by atoms with Crippen LogP contribution in [0.2, 0.25) is 0 Å².